The fourth-order valence-corrected chi connectivity index (χ4v) is 1.48. The number of anilines is 1. The summed E-state index contributed by atoms with van der Waals surface area (Å²) in [5, 5.41) is 0. The molecule has 0 saturated heterocycles. The topological polar surface area (TPSA) is 59.2 Å². The van der Waals surface area contributed by atoms with Gasteiger partial charge in [-0.15, -0.1) is 0 Å². The molecular formula is C11H14F3N3O. The van der Waals surface area contributed by atoms with Gasteiger partial charge in [-0.3, -0.25) is 4.79 Å². The molecule has 1 aromatic rings. The summed E-state index contributed by atoms with van der Waals surface area (Å²) < 4.78 is 36.5. The number of aromatic nitrogens is 1. The van der Waals surface area contributed by atoms with E-state index in [1.54, 1.807) is 0 Å². The van der Waals surface area contributed by atoms with E-state index in [1.165, 1.54) is 12.1 Å². The number of nitrogen functional groups attached to an aromatic ring is 1. The second kappa shape index (κ2) is 5.24. The van der Waals surface area contributed by atoms with Gasteiger partial charge in [0, 0.05) is 18.3 Å². The van der Waals surface area contributed by atoms with Crippen molar-refractivity contribution in [2.45, 2.75) is 19.5 Å². The number of alkyl halides is 3. The van der Waals surface area contributed by atoms with E-state index >= 15 is 0 Å². The third-order valence-electron chi connectivity index (χ3n) is 2.27. The van der Waals surface area contributed by atoms with E-state index < -0.39 is 18.6 Å². The van der Waals surface area contributed by atoms with Gasteiger partial charge in [0.2, 0.25) is 0 Å². The molecule has 0 bridgehead atoms. The smallest absolute Gasteiger partial charge is 0.384 e. The van der Waals surface area contributed by atoms with E-state index in [1.807, 2.05) is 6.92 Å². The van der Waals surface area contributed by atoms with Crippen LogP contribution in [-0.2, 0) is 6.42 Å². The monoisotopic (exact) mass is 261 g/mol. The van der Waals surface area contributed by atoms with Crippen LogP contribution < -0.4 is 5.73 Å². The second-order valence-corrected chi connectivity index (χ2v) is 3.90. The highest BCUT2D eigenvalue weighted by Gasteiger charge is 2.31. The number of carbonyl (C=O) groups is 1. The molecule has 0 radical (unpaired) electrons. The summed E-state index contributed by atoms with van der Waals surface area (Å²) in [6.07, 6.45) is -3.87. The Labute approximate surface area is 103 Å². The van der Waals surface area contributed by atoms with Crippen LogP contribution >= 0.6 is 0 Å². The number of nitrogens with zero attached hydrogens (tertiary/aromatic N) is 2. The van der Waals surface area contributed by atoms with Gasteiger partial charge in [0.25, 0.3) is 5.91 Å². The van der Waals surface area contributed by atoms with Crippen LogP contribution in [0.25, 0.3) is 0 Å². The molecule has 7 heteroatoms. The minimum absolute atomic E-state index is 0.117. The Morgan fingerprint density at radius 2 is 2.06 bits per heavy atom. The van der Waals surface area contributed by atoms with E-state index in [0.29, 0.717) is 17.0 Å². The van der Waals surface area contributed by atoms with Gasteiger partial charge in [-0.25, -0.2) is 4.98 Å². The number of pyridine rings is 1. The van der Waals surface area contributed by atoms with Gasteiger partial charge >= 0.3 is 6.18 Å². The third kappa shape index (κ3) is 3.90. The first-order valence-corrected chi connectivity index (χ1v) is 5.31. The number of amides is 1. The Morgan fingerprint density at radius 1 is 1.44 bits per heavy atom. The van der Waals surface area contributed by atoms with Crippen molar-refractivity contribution in [3.05, 3.63) is 23.4 Å². The molecule has 18 heavy (non-hydrogen) atoms. The molecule has 0 unspecified atom stereocenters. The van der Waals surface area contributed by atoms with E-state index in [4.69, 9.17) is 5.73 Å². The lowest BCUT2D eigenvalue weighted by Crippen LogP contribution is -2.35. The minimum Gasteiger partial charge on any atom is -0.384 e. The van der Waals surface area contributed by atoms with Gasteiger partial charge in [-0.2, -0.15) is 13.2 Å². The van der Waals surface area contributed by atoms with Crippen molar-refractivity contribution in [1.29, 1.82) is 0 Å². The van der Waals surface area contributed by atoms with Crippen LogP contribution in [0, 0.1) is 0 Å². The summed E-state index contributed by atoms with van der Waals surface area (Å²) in [7, 11) is 1.10. The van der Waals surface area contributed by atoms with Crippen LogP contribution in [-0.4, -0.2) is 35.6 Å². The number of rotatable bonds is 3. The number of carbonyl (C=O) groups excluding carboxylic acids is 1. The van der Waals surface area contributed by atoms with Crippen molar-refractivity contribution in [3.8, 4) is 0 Å². The van der Waals surface area contributed by atoms with Crippen molar-refractivity contribution < 1.29 is 18.0 Å². The van der Waals surface area contributed by atoms with Gasteiger partial charge in [0.05, 0.1) is 0 Å². The van der Waals surface area contributed by atoms with Crippen LogP contribution in [0.2, 0.25) is 0 Å². The lowest BCUT2D eigenvalue weighted by molar-refractivity contribution is -0.138. The summed E-state index contributed by atoms with van der Waals surface area (Å²) in [5.41, 5.74) is 6.18. The molecule has 0 saturated carbocycles. The van der Waals surface area contributed by atoms with Crippen LogP contribution in [0.15, 0.2) is 12.1 Å². The predicted molar refractivity (Wildman–Crippen MR) is 61.0 cm³/mol. The van der Waals surface area contributed by atoms with Gasteiger partial charge in [0.15, 0.2) is 0 Å². The molecular weight excluding hydrogens is 247 g/mol. The first-order valence-electron chi connectivity index (χ1n) is 5.31. The number of nitrogens with two attached hydrogens (primary N) is 1. The van der Waals surface area contributed by atoms with E-state index in [-0.39, 0.29) is 11.4 Å². The standard InChI is InChI=1S/C11H14F3N3O/c1-3-8-4-7(5-9(15)16-8)10(18)17(2)6-11(12,13)14/h4-5H,3,6H2,1-2H3,(H2,15,16). The molecule has 1 heterocycles. The zero-order valence-electron chi connectivity index (χ0n) is 10.1. The predicted octanol–water partition coefficient (Wildman–Crippen LogP) is 1.86. The summed E-state index contributed by atoms with van der Waals surface area (Å²) in [5.74, 6) is -0.603. The van der Waals surface area contributed by atoms with Gasteiger partial charge in [-0.1, -0.05) is 6.92 Å². The second-order valence-electron chi connectivity index (χ2n) is 3.90. The number of aryl methyl sites for hydroxylation is 1. The Bertz CT molecular complexity index is 446. The van der Waals surface area contributed by atoms with Gasteiger partial charge in [-0.05, 0) is 18.6 Å². The molecule has 0 fully saturated rings. The molecule has 4 nitrogen and oxygen atoms in total. The molecule has 0 spiro atoms. The van der Waals surface area contributed by atoms with Crippen LogP contribution in [0.3, 0.4) is 0 Å². The van der Waals surface area contributed by atoms with Crippen molar-refractivity contribution in [1.82, 2.24) is 9.88 Å². The third-order valence-corrected chi connectivity index (χ3v) is 2.27. The Kier molecular flexibility index (Phi) is 4.15. The van der Waals surface area contributed by atoms with Gasteiger partial charge in [0.1, 0.15) is 12.4 Å². The Morgan fingerprint density at radius 3 is 2.56 bits per heavy atom. The quantitative estimate of drug-likeness (QED) is 0.903. The molecule has 0 atom stereocenters. The highest BCUT2D eigenvalue weighted by molar-refractivity contribution is 5.94. The molecule has 0 aromatic carbocycles. The maximum Gasteiger partial charge on any atom is 0.406 e. The molecule has 0 aliphatic carbocycles. The SMILES string of the molecule is CCc1cc(C(=O)N(C)CC(F)(F)F)cc(N)n1. The lowest BCUT2D eigenvalue weighted by atomic mass is 10.1. The zero-order chi connectivity index (χ0) is 13.9. The van der Waals surface area contributed by atoms with Crippen molar-refractivity contribution in [2.75, 3.05) is 19.3 Å². The zero-order valence-corrected chi connectivity index (χ0v) is 10.1. The molecule has 1 rings (SSSR count). The number of halogens is 3. The van der Waals surface area contributed by atoms with E-state index in [9.17, 15) is 18.0 Å². The summed E-state index contributed by atoms with van der Waals surface area (Å²) in [6.45, 7) is 0.519. The average molecular weight is 261 g/mol. The maximum absolute atomic E-state index is 12.2. The average Bonchev–Trinajstić information content (AvgIpc) is 2.24. The Balaban J connectivity index is 2.93. The molecule has 1 amide bonds. The highest BCUT2D eigenvalue weighted by atomic mass is 19.4. The highest BCUT2D eigenvalue weighted by Crippen LogP contribution is 2.18. The number of hydrogen-bond acceptors (Lipinski definition) is 3. The number of hydrogen-bond donors (Lipinski definition) is 1. The van der Waals surface area contributed by atoms with Crippen molar-refractivity contribution in [2.24, 2.45) is 0 Å². The molecule has 2 N–H and O–H groups in total. The first kappa shape index (κ1) is 14.3. The summed E-state index contributed by atoms with van der Waals surface area (Å²) >= 11 is 0. The van der Waals surface area contributed by atoms with Crippen molar-refractivity contribution >= 4 is 11.7 Å². The largest absolute Gasteiger partial charge is 0.406 e. The summed E-state index contributed by atoms with van der Waals surface area (Å²) in [4.78, 5) is 16.3. The van der Waals surface area contributed by atoms with Crippen LogP contribution in [0.4, 0.5) is 19.0 Å². The van der Waals surface area contributed by atoms with Crippen LogP contribution in [0.5, 0.6) is 0 Å². The molecule has 1 aromatic heterocycles. The molecule has 0 aliphatic heterocycles. The fraction of sp³-hybridized carbons (Fsp3) is 0.455. The van der Waals surface area contributed by atoms with Crippen molar-refractivity contribution in [3.63, 3.8) is 0 Å². The van der Waals surface area contributed by atoms with Gasteiger partial charge < -0.3 is 10.6 Å². The van der Waals surface area contributed by atoms with E-state index in [0.717, 1.165) is 7.05 Å². The fourth-order valence-electron chi connectivity index (χ4n) is 1.48. The maximum atomic E-state index is 12.2. The molecule has 0 aliphatic rings. The summed E-state index contributed by atoms with van der Waals surface area (Å²) in [6, 6.07) is 2.72. The lowest BCUT2D eigenvalue weighted by Gasteiger charge is -2.19. The minimum atomic E-state index is -4.42. The molecule has 100 valence electrons. The normalized spacial score (nSPS) is 11.4. The van der Waals surface area contributed by atoms with Crippen LogP contribution in [0.1, 0.15) is 23.0 Å². The first-order chi connectivity index (χ1) is 8.23. The van der Waals surface area contributed by atoms with E-state index in [2.05, 4.69) is 4.98 Å². The Hall–Kier alpha value is -1.79.